The van der Waals surface area contributed by atoms with Crippen LogP contribution in [0.1, 0.15) is 45.4 Å². The Hall–Kier alpha value is -0.770. The van der Waals surface area contributed by atoms with Crippen LogP contribution in [0.15, 0.2) is 12.2 Å². The summed E-state index contributed by atoms with van der Waals surface area (Å²) < 4.78 is 0. The third kappa shape index (κ3) is 2.11. The first kappa shape index (κ1) is 9.32. The number of rotatable bonds is 2. The molecule has 0 unspecified atom stereocenters. The number of nitriles is 1. The van der Waals surface area contributed by atoms with Crippen molar-refractivity contribution in [2.24, 2.45) is 5.41 Å². The summed E-state index contributed by atoms with van der Waals surface area (Å²) in [5.74, 6) is 0. The molecule has 0 aliphatic heterocycles. The first-order valence-corrected chi connectivity index (χ1v) is 4.74. The Labute approximate surface area is 75.1 Å². The van der Waals surface area contributed by atoms with Gasteiger partial charge in [0.15, 0.2) is 0 Å². The molecule has 12 heavy (non-hydrogen) atoms. The molecule has 1 fully saturated rings. The molecule has 0 N–H and O–H groups in total. The van der Waals surface area contributed by atoms with E-state index in [1.54, 1.807) is 0 Å². The van der Waals surface area contributed by atoms with E-state index in [0.29, 0.717) is 0 Å². The van der Waals surface area contributed by atoms with E-state index in [-0.39, 0.29) is 5.41 Å². The normalized spacial score (nSPS) is 21.3. The monoisotopic (exact) mass is 163 g/mol. The van der Waals surface area contributed by atoms with Gasteiger partial charge in [-0.15, -0.1) is 6.58 Å². The Morgan fingerprint density at radius 3 is 2.42 bits per heavy atom. The Morgan fingerprint density at radius 1 is 1.42 bits per heavy atom. The SMILES string of the molecule is C=C(C)CC1(C#N)CCCCC1. The standard InChI is InChI=1S/C11H17N/c1-10(2)8-11(9-12)6-4-3-5-7-11/h1,3-8H2,2H3. The van der Waals surface area contributed by atoms with Gasteiger partial charge >= 0.3 is 0 Å². The van der Waals surface area contributed by atoms with Crippen molar-refractivity contribution in [3.8, 4) is 6.07 Å². The van der Waals surface area contributed by atoms with Crippen LogP contribution in [0.2, 0.25) is 0 Å². The van der Waals surface area contributed by atoms with E-state index >= 15 is 0 Å². The van der Waals surface area contributed by atoms with Crippen molar-refractivity contribution < 1.29 is 0 Å². The molecule has 0 bridgehead atoms. The van der Waals surface area contributed by atoms with Crippen molar-refractivity contribution >= 4 is 0 Å². The molecule has 0 amide bonds. The summed E-state index contributed by atoms with van der Waals surface area (Å²) in [6, 6.07) is 2.49. The number of nitrogens with zero attached hydrogens (tertiary/aromatic N) is 1. The van der Waals surface area contributed by atoms with E-state index in [4.69, 9.17) is 5.26 Å². The summed E-state index contributed by atoms with van der Waals surface area (Å²) in [7, 11) is 0. The molecular formula is C11H17N. The van der Waals surface area contributed by atoms with Crippen molar-refractivity contribution in [1.29, 1.82) is 5.26 Å². The average Bonchev–Trinajstić information content (AvgIpc) is 2.05. The van der Waals surface area contributed by atoms with Crippen LogP contribution in [0.25, 0.3) is 0 Å². The van der Waals surface area contributed by atoms with Crippen LogP contribution < -0.4 is 0 Å². The lowest BCUT2D eigenvalue weighted by atomic mass is 9.72. The van der Waals surface area contributed by atoms with Gasteiger partial charge in [0.2, 0.25) is 0 Å². The minimum absolute atomic E-state index is 0.0515. The van der Waals surface area contributed by atoms with Crippen molar-refractivity contribution in [3.63, 3.8) is 0 Å². The predicted octanol–water partition coefficient (Wildman–Crippen LogP) is 3.43. The van der Waals surface area contributed by atoms with Crippen molar-refractivity contribution in [2.45, 2.75) is 45.4 Å². The van der Waals surface area contributed by atoms with Gasteiger partial charge in [-0.2, -0.15) is 5.26 Å². The van der Waals surface area contributed by atoms with Crippen LogP contribution in [-0.4, -0.2) is 0 Å². The first-order chi connectivity index (χ1) is 5.68. The predicted molar refractivity (Wildman–Crippen MR) is 50.6 cm³/mol. The topological polar surface area (TPSA) is 23.8 Å². The van der Waals surface area contributed by atoms with Gasteiger partial charge in [0.1, 0.15) is 0 Å². The molecule has 0 saturated heterocycles. The Bertz CT molecular complexity index is 204. The molecule has 1 aliphatic carbocycles. The number of hydrogen-bond acceptors (Lipinski definition) is 1. The van der Waals surface area contributed by atoms with Crippen LogP contribution in [-0.2, 0) is 0 Å². The maximum Gasteiger partial charge on any atom is 0.0693 e. The molecule has 0 aromatic rings. The fourth-order valence-electron chi connectivity index (χ4n) is 2.13. The van der Waals surface area contributed by atoms with Crippen LogP contribution in [0.5, 0.6) is 0 Å². The molecule has 1 heteroatoms. The molecular weight excluding hydrogens is 146 g/mol. The van der Waals surface area contributed by atoms with E-state index in [9.17, 15) is 0 Å². The highest BCUT2D eigenvalue weighted by Gasteiger charge is 2.31. The van der Waals surface area contributed by atoms with Gasteiger partial charge in [-0.25, -0.2) is 0 Å². The fraction of sp³-hybridized carbons (Fsp3) is 0.727. The zero-order chi connectivity index (χ0) is 9.03. The van der Waals surface area contributed by atoms with E-state index in [0.717, 1.165) is 24.8 Å². The summed E-state index contributed by atoms with van der Waals surface area (Å²) in [4.78, 5) is 0. The molecule has 1 saturated carbocycles. The molecule has 0 radical (unpaired) electrons. The van der Waals surface area contributed by atoms with Gasteiger partial charge in [0.25, 0.3) is 0 Å². The lowest BCUT2D eigenvalue weighted by molar-refractivity contribution is 0.265. The van der Waals surface area contributed by atoms with Gasteiger partial charge in [0, 0.05) is 0 Å². The second kappa shape index (κ2) is 3.76. The number of allylic oxidation sites excluding steroid dienone is 1. The third-order valence-corrected chi connectivity index (χ3v) is 2.69. The zero-order valence-corrected chi connectivity index (χ0v) is 7.90. The molecule has 0 atom stereocenters. The molecule has 0 heterocycles. The van der Waals surface area contributed by atoms with Gasteiger partial charge in [-0.1, -0.05) is 24.8 Å². The van der Waals surface area contributed by atoms with Crippen LogP contribution in [0.4, 0.5) is 0 Å². The Morgan fingerprint density at radius 2 is 2.00 bits per heavy atom. The highest BCUT2D eigenvalue weighted by Crippen LogP contribution is 2.40. The molecule has 1 aliphatic rings. The fourth-order valence-corrected chi connectivity index (χ4v) is 2.13. The molecule has 0 aromatic carbocycles. The van der Waals surface area contributed by atoms with Crippen LogP contribution in [0, 0.1) is 16.7 Å². The molecule has 0 spiro atoms. The second-order valence-electron chi connectivity index (χ2n) is 4.09. The summed E-state index contributed by atoms with van der Waals surface area (Å²) >= 11 is 0. The maximum atomic E-state index is 9.10. The van der Waals surface area contributed by atoms with Crippen molar-refractivity contribution in [1.82, 2.24) is 0 Å². The Balaban J connectivity index is 2.61. The Kier molecular flexibility index (Phi) is 2.92. The smallest absolute Gasteiger partial charge is 0.0693 e. The molecule has 0 aromatic heterocycles. The van der Waals surface area contributed by atoms with Gasteiger partial charge in [-0.3, -0.25) is 0 Å². The highest BCUT2D eigenvalue weighted by molar-refractivity contribution is 5.08. The van der Waals surface area contributed by atoms with Crippen LogP contribution >= 0.6 is 0 Å². The molecule has 1 nitrogen and oxygen atoms in total. The van der Waals surface area contributed by atoms with E-state index in [1.165, 1.54) is 19.3 Å². The van der Waals surface area contributed by atoms with Gasteiger partial charge in [-0.05, 0) is 26.2 Å². The lowest BCUT2D eigenvalue weighted by Gasteiger charge is -2.30. The molecule has 1 rings (SSSR count). The average molecular weight is 163 g/mol. The first-order valence-electron chi connectivity index (χ1n) is 4.74. The van der Waals surface area contributed by atoms with E-state index in [2.05, 4.69) is 12.6 Å². The summed E-state index contributed by atoms with van der Waals surface area (Å²) in [6.45, 7) is 5.91. The summed E-state index contributed by atoms with van der Waals surface area (Å²) in [6.07, 6.45) is 6.82. The summed E-state index contributed by atoms with van der Waals surface area (Å²) in [5, 5.41) is 9.10. The third-order valence-electron chi connectivity index (χ3n) is 2.69. The quantitative estimate of drug-likeness (QED) is 0.572. The van der Waals surface area contributed by atoms with E-state index < -0.39 is 0 Å². The zero-order valence-electron chi connectivity index (χ0n) is 7.90. The number of hydrogen-bond donors (Lipinski definition) is 0. The van der Waals surface area contributed by atoms with Gasteiger partial charge < -0.3 is 0 Å². The highest BCUT2D eigenvalue weighted by atomic mass is 14.4. The second-order valence-corrected chi connectivity index (χ2v) is 4.09. The minimum atomic E-state index is -0.0515. The van der Waals surface area contributed by atoms with Crippen molar-refractivity contribution in [2.75, 3.05) is 0 Å². The van der Waals surface area contributed by atoms with E-state index in [1.807, 2.05) is 6.92 Å². The molecule has 66 valence electrons. The largest absolute Gasteiger partial charge is 0.198 e. The minimum Gasteiger partial charge on any atom is -0.198 e. The lowest BCUT2D eigenvalue weighted by Crippen LogP contribution is -2.22. The van der Waals surface area contributed by atoms with Gasteiger partial charge in [0.05, 0.1) is 11.5 Å². The summed E-state index contributed by atoms with van der Waals surface area (Å²) in [5.41, 5.74) is 1.10. The maximum absolute atomic E-state index is 9.10. The van der Waals surface area contributed by atoms with Crippen molar-refractivity contribution in [3.05, 3.63) is 12.2 Å². The van der Waals surface area contributed by atoms with Crippen LogP contribution in [0.3, 0.4) is 0 Å².